The molecule has 5 heteroatoms. The second-order valence-electron chi connectivity index (χ2n) is 3.88. The summed E-state index contributed by atoms with van der Waals surface area (Å²) in [6, 6.07) is 0.189. The molecule has 0 amide bonds. The average Bonchev–Trinajstić information content (AvgIpc) is 2.18. The summed E-state index contributed by atoms with van der Waals surface area (Å²) >= 11 is 4.40. The summed E-state index contributed by atoms with van der Waals surface area (Å²) in [5.74, 6) is 0.630. The van der Waals surface area contributed by atoms with Crippen LogP contribution in [-0.2, 0) is 29.2 Å². The molecule has 0 radical (unpaired) electrons. The molecule has 0 aromatic rings. The van der Waals surface area contributed by atoms with E-state index < -0.39 is 9.64 Å². The van der Waals surface area contributed by atoms with E-state index in [4.69, 9.17) is 9.92 Å². The normalized spacial score (nSPS) is 21.3. The van der Waals surface area contributed by atoms with E-state index in [1.807, 2.05) is 0 Å². The highest BCUT2D eigenvalue weighted by Crippen LogP contribution is 2.26. The standard InChI is InChI=1S/C9H18NO2S2/c10-9(6-7-12-14(11)13)8-4-2-1-3-5-8/h8-9H,1-7,10H2/q-1. The highest BCUT2D eigenvalue weighted by atomic mass is 32.8. The van der Waals surface area contributed by atoms with Crippen molar-refractivity contribution in [2.24, 2.45) is 11.7 Å². The highest BCUT2D eigenvalue weighted by molar-refractivity contribution is 8.19. The van der Waals surface area contributed by atoms with E-state index in [9.17, 15) is 4.21 Å². The smallest absolute Gasteiger partial charge is 0.0272 e. The zero-order valence-electron chi connectivity index (χ0n) is 8.31. The number of rotatable bonds is 5. The zero-order chi connectivity index (χ0) is 10.4. The molecular weight excluding hydrogens is 218 g/mol. The van der Waals surface area contributed by atoms with Crippen molar-refractivity contribution in [3.8, 4) is 0 Å². The van der Waals surface area contributed by atoms with Crippen LogP contribution in [0.5, 0.6) is 0 Å². The lowest BCUT2D eigenvalue weighted by Crippen LogP contribution is -2.32. The molecule has 0 heterocycles. The zero-order valence-corrected chi connectivity index (χ0v) is 9.95. The van der Waals surface area contributed by atoms with Gasteiger partial charge in [0, 0.05) is 12.6 Å². The van der Waals surface area contributed by atoms with Gasteiger partial charge in [0.1, 0.15) is 0 Å². The minimum Gasteiger partial charge on any atom is -0.444 e. The highest BCUT2D eigenvalue weighted by Gasteiger charge is 2.19. The van der Waals surface area contributed by atoms with Gasteiger partial charge < -0.3 is 14.1 Å². The van der Waals surface area contributed by atoms with Gasteiger partial charge in [0.2, 0.25) is 0 Å². The van der Waals surface area contributed by atoms with Crippen LogP contribution >= 0.6 is 0 Å². The Morgan fingerprint density at radius 2 is 2.07 bits per heavy atom. The van der Waals surface area contributed by atoms with Gasteiger partial charge in [-0.25, -0.2) is 11.2 Å². The summed E-state index contributed by atoms with van der Waals surface area (Å²) in [4.78, 5) is 0. The van der Waals surface area contributed by atoms with Crippen LogP contribution in [0, 0.1) is 5.92 Å². The molecule has 0 saturated heterocycles. The third kappa shape index (κ3) is 4.68. The first-order chi connectivity index (χ1) is 6.70. The maximum atomic E-state index is 10.5. The maximum absolute atomic E-state index is 10.5. The summed E-state index contributed by atoms with van der Waals surface area (Å²) < 4.78 is 15.3. The summed E-state index contributed by atoms with van der Waals surface area (Å²) in [5.41, 5.74) is 6.02. The summed E-state index contributed by atoms with van der Waals surface area (Å²) in [6.45, 7) is 0.424. The Morgan fingerprint density at radius 3 is 2.64 bits per heavy atom. The van der Waals surface area contributed by atoms with E-state index >= 15 is 0 Å². The van der Waals surface area contributed by atoms with Crippen LogP contribution in [0.4, 0.5) is 0 Å². The van der Waals surface area contributed by atoms with Gasteiger partial charge >= 0.3 is 0 Å². The van der Waals surface area contributed by atoms with Crippen molar-refractivity contribution in [2.45, 2.75) is 44.6 Å². The summed E-state index contributed by atoms with van der Waals surface area (Å²) in [7, 11) is -1.56. The summed E-state index contributed by atoms with van der Waals surface area (Å²) in [5, 5.41) is 0. The molecule has 2 N–H and O–H groups in total. The fraction of sp³-hybridized carbons (Fsp3) is 1.00. The van der Waals surface area contributed by atoms with E-state index in [1.165, 1.54) is 32.1 Å². The lowest BCUT2D eigenvalue weighted by atomic mass is 9.83. The van der Waals surface area contributed by atoms with Gasteiger partial charge in [-0.3, -0.25) is 0 Å². The average molecular weight is 236 g/mol. The van der Waals surface area contributed by atoms with Crippen molar-refractivity contribution in [2.75, 3.05) is 6.61 Å². The molecular formula is C9H18NO2S2-. The quantitative estimate of drug-likeness (QED) is 0.737. The van der Waals surface area contributed by atoms with E-state index in [1.54, 1.807) is 0 Å². The first-order valence-corrected chi connectivity index (χ1v) is 7.18. The van der Waals surface area contributed by atoms with Gasteiger partial charge in [-0.1, -0.05) is 28.9 Å². The Kier molecular flexibility index (Phi) is 5.93. The Labute approximate surface area is 92.3 Å². The molecule has 1 unspecified atom stereocenters. The second kappa shape index (κ2) is 6.71. The minimum absolute atomic E-state index is 0.189. The molecule has 0 bridgehead atoms. The van der Waals surface area contributed by atoms with Gasteiger partial charge in [-0.15, -0.1) is 0 Å². The van der Waals surface area contributed by atoms with Crippen LogP contribution in [0.15, 0.2) is 0 Å². The van der Waals surface area contributed by atoms with Crippen molar-refractivity contribution < 1.29 is 8.39 Å². The topological polar surface area (TPSA) is 52.3 Å². The molecule has 1 aliphatic carbocycles. The third-order valence-corrected chi connectivity index (χ3v) is 3.53. The van der Waals surface area contributed by atoms with Crippen LogP contribution in [0.3, 0.4) is 0 Å². The SMILES string of the molecule is NC(CCO[S-](=O)=S)C1CCCCC1. The summed E-state index contributed by atoms with van der Waals surface area (Å²) in [6.07, 6.45) is 7.18. The van der Waals surface area contributed by atoms with Gasteiger partial charge in [-0.05, 0) is 25.2 Å². The van der Waals surface area contributed by atoms with Gasteiger partial charge in [-0.2, -0.15) is 0 Å². The molecule has 0 aromatic carbocycles. The Morgan fingerprint density at radius 1 is 1.43 bits per heavy atom. The second-order valence-corrected chi connectivity index (χ2v) is 5.34. The Bertz CT molecular complexity index is 217. The first kappa shape index (κ1) is 12.4. The lowest BCUT2D eigenvalue weighted by Gasteiger charge is -2.27. The van der Waals surface area contributed by atoms with Crippen LogP contribution in [-0.4, -0.2) is 12.6 Å². The molecule has 14 heavy (non-hydrogen) atoms. The Hall–Kier alpha value is 0.290. The fourth-order valence-electron chi connectivity index (χ4n) is 2.05. The third-order valence-electron chi connectivity index (χ3n) is 2.89. The van der Waals surface area contributed by atoms with E-state index in [-0.39, 0.29) is 6.04 Å². The van der Waals surface area contributed by atoms with Crippen molar-refractivity contribution in [1.29, 1.82) is 0 Å². The molecule has 1 atom stereocenters. The van der Waals surface area contributed by atoms with Gasteiger partial charge in [0.15, 0.2) is 0 Å². The predicted octanol–water partition coefficient (Wildman–Crippen LogP) is 1.64. The molecule has 3 nitrogen and oxygen atoms in total. The van der Waals surface area contributed by atoms with Crippen molar-refractivity contribution >= 4 is 20.8 Å². The molecule has 1 rings (SSSR count). The number of nitrogens with two attached hydrogens (primary N) is 1. The molecule has 0 spiro atoms. The number of hydrogen-bond acceptors (Lipinski definition) is 5. The van der Waals surface area contributed by atoms with Gasteiger partial charge in [0.05, 0.1) is 0 Å². The van der Waals surface area contributed by atoms with E-state index in [2.05, 4.69) is 11.2 Å². The van der Waals surface area contributed by atoms with Crippen LogP contribution in [0.2, 0.25) is 0 Å². The molecule has 0 aromatic heterocycles. The van der Waals surface area contributed by atoms with E-state index in [0.717, 1.165) is 6.42 Å². The number of hydrogen-bond donors (Lipinski definition) is 1. The minimum atomic E-state index is -1.56. The van der Waals surface area contributed by atoms with Crippen molar-refractivity contribution in [1.82, 2.24) is 0 Å². The monoisotopic (exact) mass is 236 g/mol. The largest absolute Gasteiger partial charge is 0.444 e. The van der Waals surface area contributed by atoms with E-state index in [0.29, 0.717) is 12.5 Å². The molecule has 1 fully saturated rings. The molecule has 0 aliphatic heterocycles. The fourth-order valence-corrected chi connectivity index (χ4v) is 2.49. The lowest BCUT2D eigenvalue weighted by molar-refractivity contribution is 0.256. The Balaban J connectivity index is 2.16. The predicted molar refractivity (Wildman–Crippen MR) is 60.5 cm³/mol. The van der Waals surface area contributed by atoms with Crippen LogP contribution in [0.1, 0.15) is 38.5 Å². The van der Waals surface area contributed by atoms with Crippen LogP contribution in [0.25, 0.3) is 0 Å². The van der Waals surface area contributed by atoms with Crippen LogP contribution < -0.4 is 5.73 Å². The first-order valence-electron chi connectivity index (χ1n) is 5.18. The van der Waals surface area contributed by atoms with Crippen molar-refractivity contribution in [3.63, 3.8) is 0 Å². The van der Waals surface area contributed by atoms with Crippen molar-refractivity contribution in [3.05, 3.63) is 0 Å². The molecule has 1 aliphatic rings. The molecule has 84 valence electrons. The molecule has 1 saturated carbocycles. The maximum Gasteiger partial charge on any atom is 0.0272 e. The van der Waals surface area contributed by atoms with Gasteiger partial charge in [0.25, 0.3) is 0 Å².